The van der Waals surface area contributed by atoms with E-state index in [1.807, 2.05) is 0 Å². The van der Waals surface area contributed by atoms with Crippen LogP contribution >= 0.6 is 15.9 Å². The maximum atomic E-state index is 9.50. The quantitative estimate of drug-likeness (QED) is 0.810. The lowest BCUT2D eigenvalue weighted by Crippen LogP contribution is -2.34. The Morgan fingerprint density at radius 3 is 2.70 bits per heavy atom. The second-order valence-electron chi connectivity index (χ2n) is 5.91. The molecule has 3 atom stereocenters. The SMILES string of the molecule is CCC(NCC1CCCCC1CO)c1cccc(Br)c1. The number of hydrogen-bond acceptors (Lipinski definition) is 2. The van der Waals surface area contributed by atoms with Crippen molar-refractivity contribution in [3.63, 3.8) is 0 Å². The highest BCUT2D eigenvalue weighted by molar-refractivity contribution is 9.10. The van der Waals surface area contributed by atoms with Crippen molar-refractivity contribution in [2.75, 3.05) is 13.2 Å². The van der Waals surface area contributed by atoms with Crippen LogP contribution < -0.4 is 5.32 Å². The smallest absolute Gasteiger partial charge is 0.0462 e. The molecule has 0 spiro atoms. The molecule has 1 aliphatic carbocycles. The Morgan fingerprint density at radius 1 is 1.30 bits per heavy atom. The van der Waals surface area contributed by atoms with Gasteiger partial charge in [0.2, 0.25) is 0 Å². The fourth-order valence-corrected chi connectivity index (χ4v) is 3.73. The van der Waals surface area contributed by atoms with Crippen LogP contribution in [0.2, 0.25) is 0 Å². The molecule has 112 valence electrons. The Hall–Kier alpha value is -0.380. The molecule has 1 saturated carbocycles. The maximum Gasteiger partial charge on any atom is 0.0462 e. The van der Waals surface area contributed by atoms with Crippen LogP contribution in [0, 0.1) is 11.8 Å². The number of aliphatic hydroxyl groups excluding tert-OH is 1. The summed E-state index contributed by atoms with van der Waals surface area (Å²) in [5.41, 5.74) is 1.35. The van der Waals surface area contributed by atoms with E-state index in [1.54, 1.807) is 0 Å². The topological polar surface area (TPSA) is 32.3 Å². The van der Waals surface area contributed by atoms with Gasteiger partial charge in [-0.05, 0) is 55.3 Å². The number of hydrogen-bond donors (Lipinski definition) is 2. The van der Waals surface area contributed by atoms with Gasteiger partial charge in [0.1, 0.15) is 0 Å². The van der Waals surface area contributed by atoms with Gasteiger partial charge in [-0.1, -0.05) is 47.8 Å². The molecule has 0 radical (unpaired) electrons. The van der Waals surface area contributed by atoms with Crippen molar-refractivity contribution >= 4 is 15.9 Å². The normalized spacial score (nSPS) is 24.6. The van der Waals surface area contributed by atoms with Crippen LogP contribution in [-0.2, 0) is 0 Å². The molecule has 2 N–H and O–H groups in total. The van der Waals surface area contributed by atoms with Crippen molar-refractivity contribution in [1.82, 2.24) is 5.32 Å². The first-order valence-corrected chi connectivity index (χ1v) is 8.63. The van der Waals surface area contributed by atoms with Crippen molar-refractivity contribution in [3.05, 3.63) is 34.3 Å². The van der Waals surface area contributed by atoms with Gasteiger partial charge in [-0.2, -0.15) is 0 Å². The summed E-state index contributed by atoms with van der Waals surface area (Å²) in [5, 5.41) is 13.2. The zero-order chi connectivity index (χ0) is 14.4. The molecule has 1 aromatic rings. The minimum Gasteiger partial charge on any atom is -0.396 e. The zero-order valence-corrected chi connectivity index (χ0v) is 13.9. The minimum atomic E-state index is 0.347. The molecule has 1 aliphatic rings. The average molecular weight is 340 g/mol. The summed E-state index contributed by atoms with van der Waals surface area (Å²) in [6.45, 7) is 3.60. The second-order valence-corrected chi connectivity index (χ2v) is 6.83. The molecule has 20 heavy (non-hydrogen) atoms. The molecule has 1 aromatic carbocycles. The van der Waals surface area contributed by atoms with E-state index in [0.717, 1.165) is 17.4 Å². The molecule has 1 fully saturated rings. The van der Waals surface area contributed by atoms with Gasteiger partial charge < -0.3 is 10.4 Å². The first-order valence-electron chi connectivity index (χ1n) is 7.84. The molecular weight excluding hydrogens is 314 g/mol. The predicted octanol–water partition coefficient (Wildman–Crippen LogP) is 4.29. The van der Waals surface area contributed by atoms with Crippen LogP contribution in [0.5, 0.6) is 0 Å². The van der Waals surface area contributed by atoms with E-state index >= 15 is 0 Å². The van der Waals surface area contributed by atoms with Gasteiger partial charge in [0.05, 0.1) is 0 Å². The molecule has 0 bridgehead atoms. The van der Waals surface area contributed by atoms with Crippen LogP contribution in [0.15, 0.2) is 28.7 Å². The van der Waals surface area contributed by atoms with Crippen LogP contribution in [0.25, 0.3) is 0 Å². The fraction of sp³-hybridized carbons (Fsp3) is 0.647. The summed E-state index contributed by atoms with van der Waals surface area (Å²) in [7, 11) is 0. The second kappa shape index (κ2) is 8.16. The molecular formula is C17H26BrNO. The number of benzene rings is 1. The summed E-state index contributed by atoms with van der Waals surface area (Å²) >= 11 is 3.55. The molecule has 0 heterocycles. The largest absolute Gasteiger partial charge is 0.396 e. The lowest BCUT2D eigenvalue weighted by Gasteiger charge is -2.32. The van der Waals surface area contributed by atoms with Crippen molar-refractivity contribution in [2.24, 2.45) is 11.8 Å². The van der Waals surface area contributed by atoms with Crippen molar-refractivity contribution in [3.8, 4) is 0 Å². The van der Waals surface area contributed by atoms with Crippen molar-refractivity contribution in [1.29, 1.82) is 0 Å². The molecule has 0 aromatic heterocycles. The Bertz CT molecular complexity index is 410. The van der Waals surface area contributed by atoms with Gasteiger partial charge in [-0.25, -0.2) is 0 Å². The Morgan fingerprint density at radius 2 is 2.05 bits per heavy atom. The monoisotopic (exact) mass is 339 g/mol. The Labute approximate surface area is 131 Å². The summed E-state index contributed by atoms with van der Waals surface area (Å²) in [4.78, 5) is 0. The van der Waals surface area contributed by atoms with Gasteiger partial charge in [0, 0.05) is 17.1 Å². The maximum absolute atomic E-state index is 9.50. The minimum absolute atomic E-state index is 0.347. The van der Waals surface area contributed by atoms with Gasteiger partial charge in [-0.15, -0.1) is 0 Å². The van der Waals surface area contributed by atoms with E-state index in [0.29, 0.717) is 24.5 Å². The highest BCUT2D eigenvalue weighted by atomic mass is 79.9. The highest BCUT2D eigenvalue weighted by Crippen LogP contribution is 2.30. The Balaban J connectivity index is 1.93. The first kappa shape index (κ1) is 16.0. The van der Waals surface area contributed by atoms with Gasteiger partial charge in [0.25, 0.3) is 0 Å². The van der Waals surface area contributed by atoms with E-state index in [-0.39, 0.29) is 0 Å². The zero-order valence-electron chi connectivity index (χ0n) is 12.3. The summed E-state index contributed by atoms with van der Waals surface area (Å²) in [5.74, 6) is 1.13. The number of rotatable bonds is 6. The highest BCUT2D eigenvalue weighted by Gasteiger charge is 2.24. The third kappa shape index (κ3) is 4.31. The van der Waals surface area contributed by atoms with Crippen LogP contribution in [-0.4, -0.2) is 18.3 Å². The molecule has 0 saturated heterocycles. The van der Waals surface area contributed by atoms with Crippen molar-refractivity contribution in [2.45, 2.75) is 45.1 Å². The van der Waals surface area contributed by atoms with E-state index < -0.39 is 0 Å². The number of nitrogens with one attached hydrogen (secondary N) is 1. The lowest BCUT2D eigenvalue weighted by atomic mass is 9.79. The third-order valence-corrected chi connectivity index (χ3v) is 5.08. The van der Waals surface area contributed by atoms with Crippen LogP contribution in [0.3, 0.4) is 0 Å². The molecule has 3 heteroatoms. The number of halogens is 1. The van der Waals surface area contributed by atoms with Crippen molar-refractivity contribution < 1.29 is 5.11 Å². The van der Waals surface area contributed by atoms with E-state index in [2.05, 4.69) is 52.4 Å². The molecule has 0 amide bonds. The average Bonchev–Trinajstić information content (AvgIpc) is 2.48. The molecule has 2 nitrogen and oxygen atoms in total. The van der Waals surface area contributed by atoms with E-state index in [1.165, 1.54) is 31.2 Å². The molecule has 0 aliphatic heterocycles. The standard InChI is InChI=1S/C17H26BrNO/c1-2-17(13-8-5-9-16(18)10-13)19-11-14-6-3-4-7-15(14)12-20/h5,8-10,14-15,17,19-20H,2-4,6-7,11-12H2,1H3. The molecule has 3 unspecified atom stereocenters. The van der Waals surface area contributed by atoms with Gasteiger partial charge >= 0.3 is 0 Å². The lowest BCUT2D eigenvalue weighted by molar-refractivity contribution is 0.131. The number of aliphatic hydroxyl groups is 1. The van der Waals surface area contributed by atoms with Gasteiger partial charge in [-0.3, -0.25) is 0 Å². The van der Waals surface area contributed by atoms with E-state index in [9.17, 15) is 5.11 Å². The first-order chi connectivity index (χ1) is 9.74. The van der Waals surface area contributed by atoms with Crippen LogP contribution in [0.4, 0.5) is 0 Å². The fourth-order valence-electron chi connectivity index (χ4n) is 3.31. The summed E-state index contributed by atoms with van der Waals surface area (Å²) in [6.07, 6.45) is 6.14. The summed E-state index contributed by atoms with van der Waals surface area (Å²) < 4.78 is 1.14. The predicted molar refractivity (Wildman–Crippen MR) is 87.7 cm³/mol. The molecule has 2 rings (SSSR count). The van der Waals surface area contributed by atoms with Gasteiger partial charge in [0.15, 0.2) is 0 Å². The Kier molecular flexibility index (Phi) is 6.53. The van der Waals surface area contributed by atoms with E-state index in [4.69, 9.17) is 0 Å². The summed E-state index contributed by atoms with van der Waals surface area (Å²) in [6, 6.07) is 8.97. The van der Waals surface area contributed by atoms with Crippen LogP contribution in [0.1, 0.15) is 50.6 Å². The third-order valence-electron chi connectivity index (χ3n) is 4.59.